The number of benzene rings is 2. The van der Waals surface area contributed by atoms with Gasteiger partial charge in [-0.15, -0.1) is 0 Å². The largest absolute Gasteiger partial charge is 0.388 e. The van der Waals surface area contributed by atoms with Crippen LogP contribution >= 0.6 is 22.4 Å². The van der Waals surface area contributed by atoms with E-state index < -0.39 is 15.1 Å². The summed E-state index contributed by atoms with van der Waals surface area (Å²) >= 11 is 5.35. The average molecular weight is 478 g/mol. The van der Waals surface area contributed by atoms with E-state index in [0.717, 1.165) is 23.4 Å². The first-order chi connectivity index (χ1) is 14.3. The van der Waals surface area contributed by atoms with Gasteiger partial charge in [-0.2, -0.15) is 0 Å². The van der Waals surface area contributed by atoms with E-state index in [1.807, 2.05) is 35.2 Å². The standard InChI is InChI=1S/C20H20F5N3OS2/c21-31(22,23,24,25)17-8-6-16(7-9-17)26-19(30)28-12-10-20(11-13-28)14-18(27-29-20)15-4-2-1-3-5-15/h1-9H,10-14H2,(H,26,30). The molecule has 2 aromatic rings. The average Bonchev–Trinajstić information content (AvgIpc) is 3.11. The maximum Gasteiger partial charge on any atom is 0.310 e. The number of nitrogens with one attached hydrogen (secondary N) is 1. The van der Waals surface area contributed by atoms with E-state index in [4.69, 9.17) is 17.1 Å². The molecule has 0 radical (unpaired) electrons. The summed E-state index contributed by atoms with van der Waals surface area (Å²) in [5, 5.41) is 7.39. The lowest BCUT2D eigenvalue weighted by Gasteiger charge is -2.40. The Balaban J connectivity index is 1.33. The molecule has 11 heteroatoms. The Labute approximate surface area is 181 Å². The van der Waals surface area contributed by atoms with Gasteiger partial charge in [-0.3, -0.25) is 0 Å². The molecule has 1 fully saturated rings. The van der Waals surface area contributed by atoms with E-state index in [-0.39, 0.29) is 11.3 Å². The van der Waals surface area contributed by atoms with Crippen molar-refractivity contribution in [2.24, 2.45) is 5.16 Å². The Bertz CT molecular complexity index is 1020. The molecule has 31 heavy (non-hydrogen) atoms. The number of hydrogen-bond donors (Lipinski definition) is 1. The zero-order valence-electron chi connectivity index (χ0n) is 16.2. The maximum atomic E-state index is 12.8. The second kappa shape index (κ2) is 6.80. The van der Waals surface area contributed by atoms with Crippen molar-refractivity contribution >= 4 is 39.0 Å². The van der Waals surface area contributed by atoms with Crippen LogP contribution in [0.15, 0.2) is 64.6 Å². The molecule has 0 atom stereocenters. The van der Waals surface area contributed by atoms with Crippen LogP contribution in [0.5, 0.6) is 0 Å². The highest BCUT2D eigenvalue weighted by atomic mass is 32.5. The van der Waals surface area contributed by atoms with Crippen molar-refractivity contribution in [3.8, 4) is 0 Å². The molecule has 4 rings (SSSR count). The van der Waals surface area contributed by atoms with Gasteiger partial charge in [0.15, 0.2) is 5.11 Å². The summed E-state index contributed by atoms with van der Waals surface area (Å²) in [6, 6.07) is 12.4. The molecule has 1 spiro atoms. The Kier molecular flexibility index (Phi) is 4.78. The van der Waals surface area contributed by atoms with Crippen molar-refractivity contribution in [1.82, 2.24) is 4.90 Å². The molecule has 0 aliphatic carbocycles. The predicted octanol–water partition coefficient (Wildman–Crippen LogP) is 6.70. The van der Waals surface area contributed by atoms with Gasteiger partial charge in [0.25, 0.3) is 0 Å². The first kappa shape index (κ1) is 21.8. The number of halogens is 5. The molecule has 168 valence electrons. The molecule has 4 nitrogen and oxygen atoms in total. The number of nitrogens with zero attached hydrogens (tertiary/aromatic N) is 2. The van der Waals surface area contributed by atoms with Crippen LogP contribution in [0.3, 0.4) is 0 Å². The van der Waals surface area contributed by atoms with E-state index in [0.29, 0.717) is 49.6 Å². The Morgan fingerprint density at radius 2 is 1.58 bits per heavy atom. The summed E-state index contributed by atoms with van der Waals surface area (Å²) in [5.41, 5.74) is 1.75. The smallest absolute Gasteiger partial charge is 0.310 e. The molecule has 2 aliphatic heterocycles. The molecule has 2 aromatic carbocycles. The normalized spacial score (nSPS) is 20.4. The third-order valence-corrected chi connectivity index (χ3v) is 6.98. The van der Waals surface area contributed by atoms with Gasteiger partial charge in [0.2, 0.25) is 0 Å². The third kappa shape index (κ3) is 4.93. The molecule has 1 saturated heterocycles. The summed E-state index contributed by atoms with van der Waals surface area (Å²) in [6.45, 7) is 1.15. The fraction of sp³-hybridized carbons (Fsp3) is 0.300. The van der Waals surface area contributed by atoms with Crippen molar-refractivity contribution in [2.45, 2.75) is 29.8 Å². The van der Waals surface area contributed by atoms with Gasteiger partial charge < -0.3 is 15.1 Å². The lowest BCUT2D eigenvalue weighted by molar-refractivity contribution is -0.0521. The van der Waals surface area contributed by atoms with Crippen molar-refractivity contribution < 1.29 is 24.3 Å². The van der Waals surface area contributed by atoms with E-state index in [1.165, 1.54) is 0 Å². The number of likely N-dealkylation sites (tertiary alicyclic amines) is 1. The maximum absolute atomic E-state index is 12.8. The third-order valence-electron chi connectivity index (χ3n) is 5.46. The Morgan fingerprint density at radius 3 is 2.16 bits per heavy atom. The van der Waals surface area contributed by atoms with Crippen LogP contribution in [0, 0.1) is 0 Å². The first-order valence-corrected chi connectivity index (χ1v) is 11.9. The van der Waals surface area contributed by atoms with Crippen LogP contribution in [-0.4, -0.2) is 34.4 Å². The topological polar surface area (TPSA) is 36.9 Å². The summed E-state index contributed by atoms with van der Waals surface area (Å²) in [6.07, 6.45) is 2.05. The summed E-state index contributed by atoms with van der Waals surface area (Å²) in [7, 11) is -9.68. The molecular formula is C20H20F5N3OS2. The number of rotatable bonds is 3. The van der Waals surface area contributed by atoms with Gasteiger partial charge >= 0.3 is 10.2 Å². The fourth-order valence-electron chi connectivity index (χ4n) is 3.69. The van der Waals surface area contributed by atoms with Gasteiger partial charge in [-0.05, 0) is 42.0 Å². The van der Waals surface area contributed by atoms with Crippen LogP contribution in [0.2, 0.25) is 0 Å². The molecule has 0 bridgehead atoms. The van der Waals surface area contributed by atoms with Gasteiger partial charge in [-0.25, -0.2) is 0 Å². The van der Waals surface area contributed by atoms with E-state index in [9.17, 15) is 19.4 Å². The number of hydrogen-bond acceptors (Lipinski definition) is 3. The molecule has 0 unspecified atom stereocenters. The SMILES string of the molecule is FS(F)(F)(F)(F)c1ccc(NC(=S)N2CCC3(CC2)CC(c2ccccc2)=NO3)cc1. The molecule has 0 aromatic heterocycles. The van der Waals surface area contributed by atoms with Crippen LogP contribution in [0.25, 0.3) is 0 Å². The lowest BCUT2D eigenvalue weighted by Crippen LogP contribution is -2.48. The van der Waals surface area contributed by atoms with Gasteiger partial charge in [-0.1, -0.05) is 54.9 Å². The highest BCUT2D eigenvalue weighted by Gasteiger charge is 2.65. The zero-order valence-corrected chi connectivity index (χ0v) is 17.9. The minimum absolute atomic E-state index is 0.211. The predicted molar refractivity (Wildman–Crippen MR) is 116 cm³/mol. The van der Waals surface area contributed by atoms with Crippen LogP contribution in [-0.2, 0) is 4.84 Å². The molecular weight excluding hydrogens is 457 g/mol. The Hall–Kier alpha value is -2.40. The number of oxime groups is 1. The van der Waals surface area contributed by atoms with E-state index >= 15 is 0 Å². The van der Waals surface area contributed by atoms with Gasteiger partial charge in [0.05, 0.1) is 5.71 Å². The molecule has 0 saturated carbocycles. The second-order valence-corrected chi connectivity index (χ2v) is 10.6. The van der Waals surface area contributed by atoms with Crippen LogP contribution < -0.4 is 5.32 Å². The van der Waals surface area contributed by atoms with Gasteiger partial charge in [0, 0.05) is 38.0 Å². The minimum Gasteiger partial charge on any atom is -0.388 e. The van der Waals surface area contributed by atoms with Crippen molar-refractivity contribution in [1.29, 1.82) is 0 Å². The number of piperidine rings is 1. The summed E-state index contributed by atoms with van der Waals surface area (Å²) in [4.78, 5) is 5.73. The molecule has 2 aliphatic rings. The second-order valence-electron chi connectivity index (χ2n) is 7.77. The van der Waals surface area contributed by atoms with Crippen LogP contribution in [0.1, 0.15) is 24.8 Å². The number of thiocarbonyl (C=S) groups is 1. The highest BCUT2D eigenvalue weighted by Crippen LogP contribution is 3.02. The van der Waals surface area contributed by atoms with Gasteiger partial charge in [0.1, 0.15) is 10.5 Å². The summed E-state index contributed by atoms with van der Waals surface area (Å²) < 4.78 is 64.2. The number of anilines is 1. The zero-order chi connectivity index (χ0) is 22.4. The fourth-order valence-corrected chi connectivity index (χ4v) is 4.64. The highest BCUT2D eigenvalue weighted by molar-refractivity contribution is 8.45. The van der Waals surface area contributed by atoms with Crippen molar-refractivity contribution in [3.63, 3.8) is 0 Å². The Morgan fingerprint density at radius 1 is 0.968 bits per heavy atom. The van der Waals surface area contributed by atoms with E-state index in [2.05, 4.69) is 10.5 Å². The quantitative estimate of drug-likeness (QED) is 0.394. The first-order valence-electron chi connectivity index (χ1n) is 9.54. The molecule has 2 heterocycles. The van der Waals surface area contributed by atoms with Crippen molar-refractivity contribution in [3.05, 3.63) is 60.2 Å². The van der Waals surface area contributed by atoms with E-state index in [1.54, 1.807) is 0 Å². The molecule has 1 N–H and O–H groups in total. The van der Waals surface area contributed by atoms with Crippen molar-refractivity contribution in [2.75, 3.05) is 18.4 Å². The monoisotopic (exact) mass is 477 g/mol. The minimum atomic E-state index is -9.68. The molecule has 0 amide bonds. The summed E-state index contributed by atoms with van der Waals surface area (Å²) in [5.74, 6) is 0. The lowest BCUT2D eigenvalue weighted by atomic mass is 9.85. The van der Waals surface area contributed by atoms with Crippen LogP contribution in [0.4, 0.5) is 25.1 Å².